The fraction of sp³-hybridized carbons (Fsp3) is 0.455. The van der Waals surface area contributed by atoms with Gasteiger partial charge in [0.05, 0.1) is 5.69 Å². The number of H-pyrrole nitrogens is 1. The second-order valence-electron chi connectivity index (χ2n) is 7.96. The molecule has 28 heavy (non-hydrogen) atoms. The van der Waals surface area contributed by atoms with Crippen molar-refractivity contribution in [3.63, 3.8) is 0 Å². The van der Waals surface area contributed by atoms with E-state index >= 15 is 0 Å². The Kier molecular flexibility index (Phi) is 4.43. The number of furan rings is 1. The SMILES string of the molecule is Cc1oc2ccccc2c1CN1CCc2c(nc(N3CCCCC3)[nH]c2=O)C1. The summed E-state index contributed by atoms with van der Waals surface area (Å²) in [5.41, 5.74) is 4.00. The Morgan fingerprint density at radius 1 is 1.14 bits per heavy atom. The van der Waals surface area contributed by atoms with Crippen LogP contribution < -0.4 is 10.5 Å². The van der Waals surface area contributed by atoms with Crippen molar-refractivity contribution in [2.45, 2.75) is 45.7 Å². The summed E-state index contributed by atoms with van der Waals surface area (Å²) >= 11 is 0. The zero-order valence-electron chi connectivity index (χ0n) is 16.3. The molecule has 0 unspecified atom stereocenters. The van der Waals surface area contributed by atoms with Gasteiger partial charge in [-0.3, -0.25) is 14.7 Å². The number of fused-ring (bicyclic) bond motifs is 2. The number of hydrogen-bond acceptors (Lipinski definition) is 5. The van der Waals surface area contributed by atoms with Gasteiger partial charge in [-0.1, -0.05) is 18.2 Å². The molecular weight excluding hydrogens is 352 g/mol. The lowest BCUT2D eigenvalue weighted by molar-refractivity contribution is 0.239. The molecule has 0 atom stereocenters. The Morgan fingerprint density at radius 2 is 1.96 bits per heavy atom. The minimum absolute atomic E-state index is 0.0372. The Hall–Kier alpha value is -2.60. The van der Waals surface area contributed by atoms with Crippen molar-refractivity contribution in [1.82, 2.24) is 14.9 Å². The lowest BCUT2D eigenvalue weighted by Crippen LogP contribution is -2.38. The molecule has 0 bridgehead atoms. The summed E-state index contributed by atoms with van der Waals surface area (Å²) in [5, 5.41) is 1.18. The molecule has 4 heterocycles. The van der Waals surface area contributed by atoms with Gasteiger partial charge in [0.15, 0.2) is 0 Å². The van der Waals surface area contributed by atoms with Gasteiger partial charge in [-0.15, -0.1) is 0 Å². The van der Waals surface area contributed by atoms with Gasteiger partial charge in [-0.25, -0.2) is 4.98 Å². The smallest absolute Gasteiger partial charge is 0.255 e. The van der Waals surface area contributed by atoms with Crippen molar-refractivity contribution in [3.8, 4) is 0 Å². The average molecular weight is 378 g/mol. The van der Waals surface area contributed by atoms with Crippen LogP contribution in [-0.2, 0) is 19.5 Å². The van der Waals surface area contributed by atoms with Crippen molar-refractivity contribution in [3.05, 3.63) is 57.2 Å². The molecule has 1 saturated heterocycles. The standard InChI is InChI=1S/C22H26N4O2/c1-15-18(16-7-3-4-8-20(16)28-15)13-25-12-9-17-19(14-25)23-22(24-21(17)27)26-10-5-2-6-11-26/h3-4,7-8H,2,5-6,9-14H2,1H3,(H,23,24,27). The first kappa shape index (κ1) is 17.5. The van der Waals surface area contributed by atoms with E-state index in [0.29, 0.717) is 6.54 Å². The van der Waals surface area contributed by atoms with E-state index in [0.717, 1.165) is 61.1 Å². The molecule has 2 aliphatic rings. The van der Waals surface area contributed by atoms with E-state index in [-0.39, 0.29) is 5.56 Å². The number of aromatic nitrogens is 2. The van der Waals surface area contributed by atoms with Crippen LogP contribution in [0.2, 0.25) is 0 Å². The predicted molar refractivity (Wildman–Crippen MR) is 110 cm³/mol. The van der Waals surface area contributed by atoms with Crippen molar-refractivity contribution in [1.29, 1.82) is 0 Å². The normalized spacial score (nSPS) is 17.8. The number of nitrogens with zero attached hydrogens (tertiary/aromatic N) is 3. The molecule has 3 aromatic rings. The lowest BCUT2D eigenvalue weighted by atomic mass is 10.0. The summed E-state index contributed by atoms with van der Waals surface area (Å²) in [5.74, 6) is 1.72. The number of aromatic amines is 1. The van der Waals surface area contributed by atoms with E-state index in [9.17, 15) is 4.79 Å². The van der Waals surface area contributed by atoms with Crippen LogP contribution in [0.4, 0.5) is 5.95 Å². The van der Waals surface area contributed by atoms with Crippen LogP contribution in [0.15, 0.2) is 33.5 Å². The quantitative estimate of drug-likeness (QED) is 0.757. The number of rotatable bonds is 3. The van der Waals surface area contributed by atoms with Crippen molar-refractivity contribution in [2.24, 2.45) is 0 Å². The third-order valence-electron chi connectivity index (χ3n) is 6.08. The summed E-state index contributed by atoms with van der Waals surface area (Å²) in [6, 6.07) is 8.20. The van der Waals surface area contributed by atoms with Crippen LogP contribution in [0.5, 0.6) is 0 Å². The van der Waals surface area contributed by atoms with E-state index in [1.807, 2.05) is 19.1 Å². The highest BCUT2D eigenvalue weighted by Gasteiger charge is 2.24. The molecule has 6 heteroatoms. The highest BCUT2D eigenvalue weighted by atomic mass is 16.3. The van der Waals surface area contributed by atoms with E-state index in [1.165, 1.54) is 30.2 Å². The van der Waals surface area contributed by atoms with E-state index < -0.39 is 0 Å². The zero-order chi connectivity index (χ0) is 19.1. The molecule has 2 aliphatic heterocycles. The van der Waals surface area contributed by atoms with Crippen LogP contribution in [0, 0.1) is 6.92 Å². The molecule has 0 aliphatic carbocycles. The van der Waals surface area contributed by atoms with Gasteiger partial charge < -0.3 is 9.32 Å². The third-order valence-corrected chi connectivity index (χ3v) is 6.08. The molecule has 5 rings (SSSR count). The number of hydrogen-bond donors (Lipinski definition) is 1. The number of benzene rings is 1. The molecule has 0 amide bonds. The summed E-state index contributed by atoms with van der Waals surface area (Å²) in [6.07, 6.45) is 4.34. The first-order valence-corrected chi connectivity index (χ1v) is 10.3. The Bertz CT molecular complexity index is 1060. The highest BCUT2D eigenvalue weighted by Crippen LogP contribution is 2.28. The first-order chi connectivity index (χ1) is 13.7. The molecule has 2 aromatic heterocycles. The average Bonchev–Trinajstić information content (AvgIpc) is 3.03. The largest absolute Gasteiger partial charge is 0.461 e. The minimum Gasteiger partial charge on any atom is -0.461 e. The molecule has 6 nitrogen and oxygen atoms in total. The Morgan fingerprint density at radius 3 is 2.82 bits per heavy atom. The van der Waals surface area contributed by atoms with E-state index in [1.54, 1.807) is 0 Å². The molecule has 1 aromatic carbocycles. The highest BCUT2D eigenvalue weighted by molar-refractivity contribution is 5.82. The number of anilines is 1. The minimum atomic E-state index is 0.0372. The maximum Gasteiger partial charge on any atom is 0.255 e. The van der Waals surface area contributed by atoms with Crippen LogP contribution in [0.3, 0.4) is 0 Å². The van der Waals surface area contributed by atoms with Crippen molar-refractivity contribution < 1.29 is 4.42 Å². The van der Waals surface area contributed by atoms with Crippen LogP contribution in [-0.4, -0.2) is 34.5 Å². The predicted octanol–water partition coefficient (Wildman–Crippen LogP) is 3.37. The van der Waals surface area contributed by atoms with Gasteiger partial charge in [-0.05, 0) is 38.7 Å². The van der Waals surface area contributed by atoms with Gasteiger partial charge >= 0.3 is 0 Å². The molecule has 0 saturated carbocycles. The molecule has 0 spiro atoms. The maximum atomic E-state index is 12.6. The molecule has 0 radical (unpaired) electrons. The van der Waals surface area contributed by atoms with Gasteiger partial charge in [0, 0.05) is 49.2 Å². The second kappa shape index (κ2) is 7.09. The lowest BCUT2D eigenvalue weighted by Gasteiger charge is -2.30. The van der Waals surface area contributed by atoms with Gasteiger partial charge in [0.2, 0.25) is 5.95 Å². The fourth-order valence-electron chi connectivity index (χ4n) is 4.51. The molecule has 146 valence electrons. The topological polar surface area (TPSA) is 65.4 Å². The summed E-state index contributed by atoms with van der Waals surface area (Å²) < 4.78 is 5.92. The third kappa shape index (κ3) is 3.11. The Labute approximate surface area is 164 Å². The summed E-state index contributed by atoms with van der Waals surface area (Å²) in [6.45, 7) is 6.37. The van der Waals surface area contributed by atoms with Gasteiger partial charge in [-0.2, -0.15) is 0 Å². The summed E-state index contributed by atoms with van der Waals surface area (Å²) in [7, 11) is 0. The first-order valence-electron chi connectivity index (χ1n) is 10.3. The maximum absolute atomic E-state index is 12.6. The monoisotopic (exact) mass is 378 g/mol. The van der Waals surface area contributed by atoms with E-state index in [4.69, 9.17) is 9.40 Å². The number of nitrogens with one attached hydrogen (secondary N) is 1. The van der Waals surface area contributed by atoms with Crippen molar-refractivity contribution in [2.75, 3.05) is 24.5 Å². The van der Waals surface area contributed by atoms with Crippen molar-refractivity contribution >= 4 is 16.9 Å². The van der Waals surface area contributed by atoms with Gasteiger partial charge in [0.25, 0.3) is 5.56 Å². The van der Waals surface area contributed by atoms with Crippen LogP contribution >= 0.6 is 0 Å². The van der Waals surface area contributed by atoms with Gasteiger partial charge in [0.1, 0.15) is 11.3 Å². The second-order valence-corrected chi connectivity index (χ2v) is 7.96. The zero-order valence-corrected chi connectivity index (χ0v) is 16.3. The number of aryl methyl sites for hydroxylation is 1. The van der Waals surface area contributed by atoms with Crippen LogP contribution in [0.1, 0.15) is 41.8 Å². The molecule has 1 fully saturated rings. The van der Waals surface area contributed by atoms with Crippen LogP contribution in [0.25, 0.3) is 11.0 Å². The fourth-order valence-corrected chi connectivity index (χ4v) is 4.51. The molecule has 1 N–H and O–H groups in total. The number of piperidine rings is 1. The number of para-hydroxylation sites is 1. The Balaban J connectivity index is 1.42. The van der Waals surface area contributed by atoms with E-state index in [2.05, 4.69) is 26.9 Å². The summed E-state index contributed by atoms with van der Waals surface area (Å²) in [4.78, 5) is 25.1. The molecular formula is C22H26N4O2.